The zero-order valence-electron chi connectivity index (χ0n) is 16.3. The summed E-state index contributed by atoms with van der Waals surface area (Å²) in [4.78, 5) is 0. The number of unbranched alkanes of at least 4 members (excludes halogenated alkanes) is 2. The second kappa shape index (κ2) is 9.27. The van der Waals surface area contributed by atoms with Crippen LogP contribution in [0.4, 0.5) is 0 Å². The Kier molecular flexibility index (Phi) is 6.08. The topological polar surface area (TPSA) is 14.2 Å². The molecule has 4 aromatic rings. The van der Waals surface area contributed by atoms with E-state index in [9.17, 15) is 0 Å². The minimum Gasteiger partial charge on any atom is -0.488 e. The Bertz CT molecular complexity index is 989. The first-order valence-electron chi connectivity index (χ1n) is 10.2. The lowest BCUT2D eigenvalue weighted by Gasteiger charge is -2.09. The molecule has 28 heavy (non-hydrogen) atoms. The summed E-state index contributed by atoms with van der Waals surface area (Å²) in [5.74, 6) is 0.962. The predicted molar refractivity (Wildman–Crippen MR) is 117 cm³/mol. The van der Waals surface area contributed by atoms with E-state index >= 15 is 0 Å². The molecule has 1 heterocycles. The predicted octanol–water partition coefficient (Wildman–Crippen LogP) is 6.63. The van der Waals surface area contributed by atoms with E-state index in [1.807, 2.05) is 18.2 Å². The fraction of sp³-hybridized carbons (Fsp3) is 0.231. The van der Waals surface area contributed by atoms with Gasteiger partial charge in [-0.25, -0.2) is 0 Å². The van der Waals surface area contributed by atoms with Crippen molar-refractivity contribution in [1.82, 2.24) is 4.57 Å². The van der Waals surface area contributed by atoms with Crippen molar-refractivity contribution in [2.45, 2.75) is 38.8 Å². The van der Waals surface area contributed by atoms with Gasteiger partial charge in [0.25, 0.3) is 0 Å². The molecule has 0 fully saturated rings. The molecular weight excluding hydrogens is 342 g/mol. The quantitative estimate of drug-likeness (QED) is 0.302. The summed E-state index contributed by atoms with van der Waals surface area (Å²) in [5.41, 5.74) is 3.89. The van der Waals surface area contributed by atoms with Gasteiger partial charge in [0.05, 0.1) is 5.52 Å². The monoisotopic (exact) mass is 369 g/mol. The van der Waals surface area contributed by atoms with Crippen LogP contribution in [0.3, 0.4) is 0 Å². The lowest BCUT2D eigenvalue weighted by molar-refractivity contribution is 0.310. The number of ether oxygens (including phenoxy) is 1. The smallest absolute Gasteiger partial charge is 0.129 e. The molecule has 0 spiro atoms. The highest BCUT2D eigenvalue weighted by Gasteiger charge is 2.07. The van der Waals surface area contributed by atoms with Crippen LogP contribution in [0.15, 0.2) is 91.1 Å². The molecular formula is C26H27NO. The molecule has 0 atom stereocenters. The van der Waals surface area contributed by atoms with Crippen LogP contribution in [0.1, 0.15) is 30.4 Å². The molecule has 3 aromatic carbocycles. The molecule has 0 saturated heterocycles. The van der Waals surface area contributed by atoms with Crippen molar-refractivity contribution in [3.8, 4) is 5.75 Å². The van der Waals surface area contributed by atoms with E-state index < -0.39 is 0 Å². The molecule has 2 nitrogen and oxygen atoms in total. The Hall–Kier alpha value is -3.00. The lowest BCUT2D eigenvalue weighted by Crippen LogP contribution is -1.98. The van der Waals surface area contributed by atoms with Crippen LogP contribution >= 0.6 is 0 Å². The first kappa shape index (κ1) is 18.4. The van der Waals surface area contributed by atoms with Crippen molar-refractivity contribution < 1.29 is 4.74 Å². The van der Waals surface area contributed by atoms with Crippen molar-refractivity contribution in [3.63, 3.8) is 0 Å². The van der Waals surface area contributed by atoms with Crippen molar-refractivity contribution in [3.05, 3.63) is 102 Å². The van der Waals surface area contributed by atoms with E-state index in [-0.39, 0.29) is 0 Å². The lowest BCUT2D eigenvalue weighted by atomic mass is 10.1. The summed E-state index contributed by atoms with van der Waals surface area (Å²) in [6.45, 7) is 1.66. The fourth-order valence-corrected chi connectivity index (χ4v) is 3.68. The van der Waals surface area contributed by atoms with Gasteiger partial charge in [0.1, 0.15) is 12.4 Å². The maximum atomic E-state index is 6.10. The summed E-state index contributed by atoms with van der Waals surface area (Å²) in [7, 11) is 0. The number of aryl methyl sites for hydroxylation is 2. The van der Waals surface area contributed by atoms with Crippen LogP contribution < -0.4 is 4.74 Å². The second-order valence-electron chi connectivity index (χ2n) is 7.27. The number of fused-ring (bicyclic) bond motifs is 1. The van der Waals surface area contributed by atoms with Crippen LogP contribution in [0.2, 0.25) is 0 Å². The molecule has 0 aliphatic carbocycles. The summed E-state index contributed by atoms with van der Waals surface area (Å²) in [6, 6.07) is 29.6. The van der Waals surface area contributed by atoms with Crippen LogP contribution in [0.5, 0.6) is 5.75 Å². The van der Waals surface area contributed by atoms with E-state index in [2.05, 4.69) is 77.5 Å². The molecule has 2 heteroatoms. The van der Waals surface area contributed by atoms with Gasteiger partial charge in [-0.2, -0.15) is 0 Å². The molecule has 0 saturated carbocycles. The van der Waals surface area contributed by atoms with E-state index in [1.54, 1.807) is 0 Å². The van der Waals surface area contributed by atoms with Gasteiger partial charge in [-0.15, -0.1) is 0 Å². The molecule has 142 valence electrons. The summed E-state index contributed by atoms with van der Waals surface area (Å²) in [5, 5.41) is 1.20. The Morgan fingerprint density at radius 1 is 0.643 bits per heavy atom. The molecule has 0 aliphatic heterocycles. The number of hydrogen-bond donors (Lipinski definition) is 0. The molecule has 0 aliphatic rings. The normalized spacial score (nSPS) is 11.0. The third-order valence-corrected chi connectivity index (χ3v) is 5.22. The molecule has 1 aromatic heterocycles. The first-order chi connectivity index (χ1) is 13.9. The Balaban J connectivity index is 1.32. The molecule has 0 bridgehead atoms. The largest absolute Gasteiger partial charge is 0.488 e. The highest BCUT2D eigenvalue weighted by atomic mass is 16.5. The van der Waals surface area contributed by atoms with E-state index in [4.69, 9.17) is 4.74 Å². The zero-order chi connectivity index (χ0) is 19.0. The molecule has 4 rings (SSSR count). The van der Waals surface area contributed by atoms with Gasteiger partial charge in [0.2, 0.25) is 0 Å². The van der Waals surface area contributed by atoms with Gasteiger partial charge in [-0.1, -0.05) is 73.2 Å². The van der Waals surface area contributed by atoms with Gasteiger partial charge in [0, 0.05) is 18.1 Å². The maximum absolute atomic E-state index is 6.10. The number of nitrogens with zero attached hydrogens (tertiary/aromatic N) is 1. The third kappa shape index (κ3) is 4.64. The van der Waals surface area contributed by atoms with Gasteiger partial charge in [0.15, 0.2) is 0 Å². The van der Waals surface area contributed by atoms with Crippen LogP contribution in [-0.2, 0) is 19.6 Å². The standard InChI is InChI=1S/C26H27NO/c1-4-11-22(12-5-1)13-8-3-9-19-27-20-18-24-25(27)16-10-17-26(24)28-21-23-14-6-2-7-15-23/h1-2,4-7,10-12,14-18,20H,3,8-9,13,19,21H2. The Labute approximate surface area is 167 Å². The number of benzene rings is 3. The first-order valence-corrected chi connectivity index (χ1v) is 10.2. The minimum absolute atomic E-state index is 0.602. The van der Waals surface area contributed by atoms with Crippen molar-refractivity contribution >= 4 is 10.9 Å². The molecule has 0 N–H and O–H groups in total. The minimum atomic E-state index is 0.602. The number of rotatable bonds is 9. The van der Waals surface area contributed by atoms with Crippen molar-refractivity contribution in [2.24, 2.45) is 0 Å². The van der Waals surface area contributed by atoms with E-state index in [0.717, 1.165) is 12.3 Å². The molecule has 0 unspecified atom stereocenters. The van der Waals surface area contributed by atoms with Gasteiger partial charge >= 0.3 is 0 Å². The summed E-state index contributed by atoms with van der Waals surface area (Å²) < 4.78 is 8.45. The number of aromatic nitrogens is 1. The van der Waals surface area contributed by atoms with Crippen LogP contribution in [0, 0.1) is 0 Å². The molecule has 0 radical (unpaired) electrons. The van der Waals surface area contributed by atoms with Crippen molar-refractivity contribution in [2.75, 3.05) is 0 Å². The van der Waals surface area contributed by atoms with Crippen molar-refractivity contribution in [1.29, 1.82) is 0 Å². The fourth-order valence-electron chi connectivity index (χ4n) is 3.68. The van der Waals surface area contributed by atoms with Crippen LogP contribution in [0.25, 0.3) is 10.9 Å². The highest BCUT2D eigenvalue weighted by Crippen LogP contribution is 2.27. The second-order valence-corrected chi connectivity index (χ2v) is 7.27. The van der Waals surface area contributed by atoms with E-state index in [0.29, 0.717) is 6.61 Å². The Morgan fingerprint density at radius 3 is 2.18 bits per heavy atom. The zero-order valence-corrected chi connectivity index (χ0v) is 16.3. The summed E-state index contributed by atoms with van der Waals surface area (Å²) >= 11 is 0. The average Bonchev–Trinajstić information content (AvgIpc) is 3.17. The molecule has 0 amide bonds. The Morgan fingerprint density at radius 2 is 1.39 bits per heavy atom. The van der Waals surface area contributed by atoms with Crippen LogP contribution in [-0.4, -0.2) is 4.57 Å². The van der Waals surface area contributed by atoms with Gasteiger partial charge in [-0.3, -0.25) is 0 Å². The third-order valence-electron chi connectivity index (χ3n) is 5.22. The SMILES string of the molecule is c1ccc(CCCCCn2ccc3c(OCc4ccccc4)cccc32)cc1. The maximum Gasteiger partial charge on any atom is 0.129 e. The summed E-state index contributed by atoms with van der Waals surface area (Å²) in [6.07, 6.45) is 7.06. The average molecular weight is 370 g/mol. The van der Waals surface area contributed by atoms with Gasteiger partial charge < -0.3 is 9.30 Å². The van der Waals surface area contributed by atoms with Gasteiger partial charge in [-0.05, 0) is 48.6 Å². The highest BCUT2D eigenvalue weighted by molar-refractivity contribution is 5.86. The van der Waals surface area contributed by atoms with E-state index in [1.165, 1.54) is 47.7 Å². The number of hydrogen-bond acceptors (Lipinski definition) is 1.